The molecule has 0 saturated carbocycles. The van der Waals surface area contributed by atoms with Gasteiger partial charge in [0.1, 0.15) is 5.82 Å². The molecular weight excluding hydrogens is 197 g/mol. The third-order valence-corrected chi connectivity index (χ3v) is 2.55. The highest BCUT2D eigenvalue weighted by Gasteiger charge is 2.16. The van der Waals surface area contributed by atoms with Gasteiger partial charge in [-0.15, -0.1) is 0 Å². The van der Waals surface area contributed by atoms with Crippen molar-refractivity contribution in [2.45, 2.75) is 12.5 Å². The lowest BCUT2D eigenvalue weighted by Crippen LogP contribution is -2.21. The van der Waals surface area contributed by atoms with Crippen molar-refractivity contribution in [3.8, 4) is 0 Å². The predicted molar refractivity (Wildman–Crippen MR) is 61.3 cm³/mol. The number of halogens is 1. The Morgan fingerprint density at radius 3 is 2.50 bits per heavy atom. The van der Waals surface area contributed by atoms with Gasteiger partial charge in [0.15, 0.2) is 0 Å². The average Bonchev–Trinajstić information content (AvgIpc) is 2.15. The molecule has 1 aromatic rings. The van der Waals surface area contributed by atoms with Crippen molar-refractivity contribution in [1.29, 1.82) is 0 Å². The Morgan fingerprint density at radius 1 is 1.36 bits per heavy atom. The van der Waals surface area contributed by atoms with Crippen molar-refractivity contribution in [2.75, 3.05) is 19.8 Å². The lowest BCUT2D eigenvalue weighted by molar-refractivity contribution is 0.286. The van der Waals surface area contributed by atoms with E-state index in [0.717, 1.165) is 17.7 Å². The van der Waals surface area contributed by atoms with Crippen LogP contribution in [0, 0.1) is 5.82 Å². The summed E-state index contributed by atoms with van der Waals surface area (Å²) in [5.41, 5.74) is 0.756. The van der Waals surface area contributed by atoms with Gasteiger partial charge >= 0.3 is 0 Å². The maximum atomic E-state index is 13.5. The molecule has 0 aliphatic heterocycles. The maximum absolute atomic E-state index is 13.5. The zero-order valence-corrected chi connectivity index (χ0v) is 9.47. The third kappa shape index (κ3) is 2.72. The van der Waals surface area contributed by atoms with Gasteiger partial charge in [-0.05, 0) is 32.3 Å². The summed E-state index contributed by atoms with van der Waals surface area (Å²) in [7, 11) is 3.92. The zero-order chi connectivity index (χ0) is 10.6. The molecule has 0 aliphatic carbocycles. The minimum absolute atomic E-state index is 0.119. The largest absolute Gasteiger partial charge is 0.302 e. The lowest BCUT2D eigenvalue weighted by Gasteiger charge is -2.24. The summed E-state index contributed by atoms with van der Waals surface area (Å²) in [6.45, 7) is 0. The SMILES string of the molecule is CN(C)C(CCS)c1ccccc1F. The molecule has 0 aliphatic rings. The monoisotopic (exact) mass is 213 g/mol. The highest BCUT2D eigenvalue weighted by molar-refractivity contribution is 7.80. The van der Waals surface area contributed by atoms with Crippen molar-refractivity contribution in [3.63, 3.8) is 0 Å². The number of thiol groups is 1. The molecule has 0 fully saturated rings. The van der Waals surface area contributed by atoms with Crippen LogP contribution in [0.2, 0.25) is 0 Å². The summed E-state index contributed by atoms with van der Waals surface area (Å²) >= 11 is 4.19. The maximum Gasteiger partial charge on any atom is 0.127 e. The van der Waals surface area contributed by atoms with Crippen molar-refractivity contribution < 1.29 is 4.39 Å². The van der Waals surface area contributed by atoms with Crippen LogP contribution in [-0.4, -0.2) is 24.7 Å². The summed E-state index contributed by atoms with van der Waals surface area (Å²) in [6, 6.07) is 7.04. The first-order valence-corrected chi connectivity index (χ1v) is 5.31. The van der Waals surface area contributed by atoms with Crippen LogP contribution < -0.4 is 0 Å². The van der Waals surface area contributed by atoms with Gasteiger partial charge in [-0.3, -0.25) is 0 Å². The lowest BCUT2D eigenvalue weighted by atomic mass is 10.0. The number of rotatable bonds is 4. The molecule has 1 atom stereocenters. The van der Waals surface area contributed by atoms with Gasteiger partial charge in [0, 0.05) is 11.6 Å². The Morgan fingerprint density at radius 2 is 2.00 bits per heavy atom. The van der Waals surface area contributed by atoms with Gasteiger partial charge in [0.2, 0.25) is 0 Å². The number of nitrogens with zero attached hydrogens (tertiary/aromatic N) is 1. The molecule has 0 bridgehead atoms. The van der Waals surface area contributed by atoms with E-state index in [2.05, 4.69) is 12.6 Å². The fourth-order valence-corrected chi connectivity index (χ4v) is 1.80. The van der Waals surface area contributed by atoms with Crippen molar-refractivity contribution in [2.24, 2.45) is 0 Å². The molecule has 1 nitrogen and oxygen atoms in total. The van der Waals surface area contributed by atoms with E-state index in [0.29, 0.717) is 0 Å². The van der Waals surface area contributed by atoms with Crippen LogP contribution in [0.4, 0.5) is 4.39 Å². The van der Waals surface area contributed by atoms with Crippen LogP contribution in [0.5, 0.6) is 0 Å². The molecule has 1 rings (SSSR count). The Labute approximate surface area is 90.3 Å². The molecule has 14 heavy (non-hydrogen) atoms. The van der Waals surface area contributed by atoms with Crippen molar-refractivity contribution in [3.05, 3.63) is 35.6 Å². The second-order valence-electron chi connectivity index (χ2n) is 3.51. The summed E-state index contributed by atoms with van der Waals surface area (Å²) in [5, 5.41) is 0. The molecule has 0 radical (unpaired) electrons. The summed E-state index contributed by atoms with van der Waals surface area (Å²) < 4.78 is 13.5. The quantitative estimate of drug-likeness (QED) is 0.753. The normalized spacial score (nSPS) is 13.2. The van der Waals surface area contributed by atoms with Gasteiger partial charge in [0.05, 0.1) is 0 Å². The van der Waals surface area contributed by atoms with E-state index in [4.69, 9.17) is 0 Å². The van der Waals surface area contributed by atoms with E-state index in [-0.39, 0.29) is 11.9 Å². The minimum atomic E-state index is -0.131. The third-order valence-electron chi connectivity index (χ3n) is 2.29. The molecule has 0 spiro atoms. The second-order valence-corrected chi connectivity index (χ2v) is 3.96. The summed E-state index contributed by atoms with van der Waals surface area (Å²) in [4.78, 5) is 2.02. The molecule has 0 aromatic heterocycles. The van der Waals surface area contributed by atoms with Crippen LogP contribution in [0.1, 0.15) is 18.0 Å². The first-order chi connectivity index (χ1) is 6.66. The Bertz CT molecular complexity index is 288. The predicted octanol–water partition coefficient (Wildman–Crippen LogP) is 2.75. The molecule has 1 aromatic carbocycles. The summed E-state index contributed by atoms with van der Waals surface area (Å²) in [6.07, 6.45) is 0.858. The van der Waals surface area contributed by atoms with E-state index in [9.17, 15) is 4.39 Å². The molecule has 0 N–H and O–H groups in total. The first kappa shape index (κ1) is 11.5. The second kappa shape index (κ2) is 5.37. The number of hydrogen-bond donors (Lipinski definition) is 1. The highest BCUT2D eigenvalue weighted by Crippen LogP contribution is 2.24. The minimum Gasteiger partial charge on any atom is -0.302 e. The highest BCUT2D eigenvalue weighted by atomic mass is 32.1. The number of hydrogen-bond acceptors (Lipinski definition) is 2. The first-order valence-electron chi connectivity index (χ1n) is 4.68. The molecule has 1 unspecified atom stereocenters. The van der Waals surface area contributed by atoms with E-state index < -0.39 is 0 Å². The molecule has 0 saturated heterocycles. The number of benzene rings is 1. The molecule has 78 valence electrons. The van der Waals surface area contributed by atoms with Gasteiger partial charge in [0.25, 0.3) is 0 Å². The van der Waals surface area contributed by atoms with E-state index >= 15 is 0 Å². The standard InChI is InChI=1S/C11H16FNS/c1-13(2)11(7-8-14)9-5-3-4-6-10(9)12/h3-6,11,14H,7-8H2,1-2H3. The van der Waals surface area contributed by atoms with Gasteiger partial charge in [-0.2, -0.15) is 12.6 Å². The zero-order valence-electron chi connectivity index (χ0n) is 8.57. The van der Waals surface area contributed by atoms with Gasteiger partial charge < -0.3 is 4.90 Å². The van der Waals surface area contributed by atoms with Crippen LogP contribution in [0.3, 0.4) is 0 Å². The Kier molecular flexibility index (Phi) is 4.42. The van der Waals surface area contributed by atoms with Crippen molar-refractivity contribution >= 4 is 12.6 Å². The fraction of sp³-hybridized carbons (Fsp3) is 0.455. The Hall–Kier alpha value is -0.540. The van der Waals surface area contributed by atoms with Crippen molar-refractivity contribution in [1.82, 2.24) is 4.90 Å². The molecular formula is C11H16FNS. The fourth-order valence-electron chi connectivity index (χ4n) is 1.56. The van der Waals surface area contributed by atoms with Crippen LogP contribution in [0.15, 0.2) is 24.3 Å². The molecule has 0 heterocycles. The van der Waals surface area contributed by atoms with Crippen LogP contribution >= 0.6 is 12.6 Å². The van der Waals surface area contributed by atoms with E-state index in [1.807, 2.05) is 31.1 Å². The van der Waals surface area contributed by atoms with E-state index in [1.165, 1.54) is 6.07 Å². The van der Waals surface area contributed by atoms with Crippen LogP contribution in [-0.2, 0) is 0 Å². The van der Waals surface area contributed by atoms with E-state index in [1.54, 1.807) is 6.07 Å². The van der Waals surface area contributed by atoms with Gasteiger partial charge in [-0.25, -0.2) is 4.39 Å². The summed E-state index contributed by atoms with van der Waals surface area (Å²) in [5.74, 6) is 0.630. The molecule has 3 heteroatoms. The smallest absolute Gasteiger partial charge is 0.127 e. The average molecular weight is 213 g/mol. The van der Waals surface area contributed by atoms with Gasteiger partial charge in [-0.1, -0.05) is 18.2 Å². The topological polar surface area (TPSA) is 3.24 Å². The van der Waals surface area contributed by atoms with Crippen LogP contribution in [0.25, 0.3) is 0 Å². The Balaban J connectivity index is 2.93. The molecule has 0 amide bonds.